The molecule has 4 rings (SSSR count). The number of aromatic nitrogens is 2. The zero-order valence-corrected chi connectivity index (χ0v) is 21.4. The zero-order valence-electron chi connectivity index (χ0n) is 19.0. The fourth-order valence-electron chi connectivity index (χ4n) is 3.42. The van der Waals surface area contributed by atoms with Crippen molar-refractivity contribution < 1.29 is 43.9 Å². The summed E-state index contributed by atoms with van der Waals surface area (Å²) in [5.74, 6) is -4.50. The molecule has 2 aromatic heterocycles. The van der Waals surface area contributed by atoms with E-state index in [1.807, 2.05) is 4.72 Å². The normalized spacial score (nSPS) is 12.2. The molecule has 0 aliphatic heterocycles. The molecule has 0 saturated carbocycles. The molecule has 9 nitrogen and oxygen atoms in total. The van der Waals surface area contributed by atoms with E-state index in [0.29, 0.717) is 16.2 Å². The minimum Gasteiger partial charge on any atom is -0.482 e. The molecule has 1 N–H and O–H groups in total. The molecule has 2 heterocycles. The van der Waals surface area contributed by atoms with Crippen molar-refractivity contribution in [2.75, 3.05) is 18.4 Å². The Balaban J connectivity index is 1.85. The first-order valence-electron chi connectivity index (χ1n) is 10.3. The summed E-state index contributed by atoms with van der Waals surface area (Å²) in [6.07, 6.45) is -2.25. The molecule has 2 aromatic carbocycles. The highest BCUT2D eigenvalue weighted by molar-refractivity contribution is 7.93. The minimum atomic E-state index is -4.84. The number of fused-ring (bicyclic) bond motifs is 1. The monoisotopic (exact) mass is 593 g/mol. The maximum Gasteiger partial charge on any atom is 0.272 e. The fraction of sp³-hybridized carbons (Fsp3) is 0.136. The van der Waals surface area contributed by atoms with Crippen molar-refractivity contribution in [3.05, 3.63) is 71.4 Å². The van der Waals surface area contributed by atoms with E-state index < -0.39 is 77.6 Å². The van der Waals surface area contributed by atoms with Gasteiger partial charge in [-0.25, -0.2) is 38.4 Å². The number of alkyl halides is 2. The van der Waals surface area contributed by atoms with E-state index in [1.165, 1.54) is 24.3 Å². The summed E-state index contributed by atoms with van der Waals surface area (Å²) in [5.41, 5.74) is -0.663. The lowest BCUT2D eigenvalue weighted by Gasteiger charge is -2.13. The highest BCUT2D eigenvalue weighted by atomic mass is 35.5. The number of ether oxygens (including phenoxy) is 2. The Morgan fingerprint density at radius 3 is 2.39 bits per heavy atom. The summed E-state index contributed by atoms with van der Waals surface area (Å²) < 4.78 is 120. The first-order valence-corrected chi connectivity index (χ1v) is 13.6. The van der Waals surface area contributed by atoms with Crippen molar-refractivity contribution >= 4 is 48.4 Å². The maximum atomic E-state index is 15.1. The van der Waals surface area contributed by atoms with Crippen molar-refractivity contribution in [2.45, 2.75) is 16.2 Å². The van der Waals surface area contributed by atoms with Crippen LogP contribution in [0.2, 0.25) is 5.02 Å². The lowest BCUT2D eigenvalue weighted by molar-refractivity contribution is 0.0799. The Bertz CT molecular complexity index is 1730. The molecule has 0 unspecified atom stereocenters. The molecule has 0 aliphatic carbocycles. The number of sulfonamides is 1. The number of benzene rings is 2. The van der Waals surface area contributed by atoms with E-state index in [2.05, 4.69) is 4.98 Å². The van der Waals surface area contributed by atoms with Gasteiger partial charge < -0.3 is 9.47 Å². The van der Waals surface area contributed by atoms with Crippen molar-refractivity contribution in [3.8, 4) is 11.6 Å². The van der Waals surface area contributed by atoms with Gasteiger partial charge in [0.1, 0.15) is 17.0 Å². The number of rotatable bonds is 9. The lowest BCUT2D eigenvalue weighted by Crippen LogP contribution is -2.16. The minimum absolute atomic E-state index is 0.273. The van der Waals surface area contributed by atoms with Gasteiger partial charge in [0.05, 0.1) is 17.0 Å². The highest BCUT2D eigenvalue weighted by Crippen LogP contribution is 2.35. The number of methoxy groups -OCH3 is 1. The van der Waals surface area contributed by atoms with Crippen LogP contribution in [-0.4, -0.2) is 45.9 Å². The molecule has 0 atom stereocenters. The van der Waals surface area contributed by atoms with E-state index in [4.69, 9.17) is 21.1 Å². The molecule has 16 heteroatoms. The van der Waals surface area contributed by atoms with Crippen molar-refractivity contribution in [1.29, 1.82) is 0 Å². The number of nitrogens with one attached hydrogen (secondary N) is 1. The number of hydrogen-bond donors (Lipinski definition) is 1. The summed E-state index contributed by atoms with van der Waals surface area (Å²) >= 11 is 5.84. The Kier molecular flexibility index (Phi) is 7.45. The van der Waals surface area contributed by atoms with Crippen LogP contribution in [0.25, 0.3) is 10.9 Å². The van der Waals surface area contributed by atoms with Gasteiger partial charge in [-0.05, 0) is 24.3 Å². The van der Waals surface area contributed by atoms with Crippen LogP contribution in [0.4, 0.5) is 23.4 Å². The topological polar surface area (TPSA) is 117 Å². The van der Waals surface area contributed by atoms with Crippen molar-refractivity contribution in [1.82, 2.24) is 8.96 Å². The van der Waals surface area contributed by atoms with Crippen molar-refractivity contribution in [3.63, 3.8) is 0 Å². The van der Waals surface area contributed by atoms with Gasteiger partial charge in [0, 0.05) is 17.6 Å². The molecule has 0 amide bonds. The number of halogens is 5. The van der Waals surface area contributed by atoms with E-state index in [9.17, 15) is 30.0 Å². The third kappa shape index (κ3) is 5.08. The molecule has 0 radical (unpaired) electrons. The molecular formula is C22H16ClF4N3O6S2. The van der Waals surface area contributed by atoms with Gasteiger partial charge in [0.25, 0.3) is 32.4 Å². The van der Waals surface area contributed by atoms with Gasteiger partial charge in [-0.1, -0.05) is 29.8 Å². The molecule has 0 spiro atoms. The third-order valence-corrected chi connectivity index (χ3v) is 8.41. The predicted molar refractivity (Wildman–Crippen MR) is 129 cm³/mol. The summed E-state index contributed by atoms with van der Waals surface area (Å²) in [5, 5.41) is -0.864. The van der Waals surface area contributed by atoms with Crippen LogP contribution >= 0.6 is 11.6 Å². The maximum absolute atomic E-state index is 15.1. The second-order valence-corrected chi connectivity index (χ2v) is 11.4. The number of anilines is 1. The first-order chi connectivity index (χ1) is 17.9. The average molecular weight is 594 g/mol. The van der Waals surface area contributed by atoms with E-state index in [1.54, 1.807) is 6.07 Å². The van der Waals surface area contributed by atoms with Crippen LogP contribution < -0.4 is 14.2 Å². The lowest BCUT2D eigenvalue weighted by atomic mass is 10.2. The van der Waals surface area contributed by atoms with Crippen molar-refractivity contribution in [2.24, 2.45) is 0 Å². The molecule has 0 fully saturated rings. The standard InChI is InChI=1S/C22H16ClF4N3O6S2/c1-35-22-16(36-11-18(25)26)9-15(24)21(28-22)29-37(31,32)17-10-30(20-13(17)7-8-14(23)19(20)27)38(33,34)12-5-3-2-4-6-12/h2-10,18H,11H2,1H3,(H,28,29). The fourth-order valence-corrected chi connectivity index (χ4v) is 6.23. The third-order valence-electron chi connectivity index (χ3n) is 5.08. The molecule has 202 valence electrons. The highest BCUT2D eigenvalue weighted by Gasteiger charge is 2.30. The van der Waals surface area contributed by atoms with Gasteiger partial charge in [0.2, 0.25) is 0 Å². The summed E-state index contributed by atoms with van der Waals surface area (Å²) in [6, 6.07) is 9.50. The van der Waals surface area contributed by atoms with Crippen LogP contribution in [-0.2, 0) is 20.0 Å². The van der Waals surface area contributed by atoms with Gasteiger partial charge in [0.15, 0.2) is 23.2 Å². The number of pyridine rings is 1. The number of nitrogens with zero attached hydrogens (tertiary/aromatic N) is 2. The van der Waals surface area contributed by atoms with Gasteiger partial charge in [-0.2, -0.15) is 4.98 Å². The van der Waals surface area contributed by atoms with Crippen LogP contribution in [0.5, 0.6) is 11.6 Å². The summed E-state index contributed by atoms with van der Waals surface area (Å²) in [7, 11) is -8.30. The average Bonchev–Trinajstić information content (AvgIpc) is 3.29. The second-order valence-electron chi connectivity index (χ2n) is 7.50. The van der Waals surface area contributed by atoms with E-state index in [0.717, 1.165) is 19.2 Å². The Morgan fingerprint density at radius 1 is 1.08 bits per heavy atom. The second kappa shape index (κ2) is 10.3. The van der Waals surface area contributed by atoms with Crippen LogP contribution in [0, 0.1) is 11.6 Å². The molecule has 4 aromatic rings. The largest absolute Gasteiger partial charge is 0.482 e. The van der Waals surface area contributed by atoms with Gasteiger partial charge in [-0.3, -0.25) is 4.72 Å². The summed E-state index contributed by atoms with van der Waals surface area (Å²) in [4.78, 5) is 2.59. The molecule has 38 heavy (non-hydrogen) atoms. The smallest absolute Gasteiger partial charge is 0.272 e. The van der Waals surface area contributed by atoms with Gasteiger partial charge in [-0.15, -0.1) is 0 Å². The SMILES string of the molecule is COc1nc(NS(=O)(=O)c2cn(S(=O)(=O)c3ccccc3)c3c(F)c(Cl)ccc23)c(F)cc1OCC(F)F. The molecule has 0 saturated heterocycles. The van der Waals surface area contributed by atoms with E-state index in [-0.39, 0.29) is 10.3 Å². The quantitative estimate of drug-likeness (QED) is 0.281. The van der Waals surface area contributed by atoms with Crippen LogP contribution in [0.15, 0.2) is 64.5 Å². The molecular weight excluding hydrogens is 578 g/mol. The van der Waals surface area contributed by atoms with E-state index >= 15 is 4.39 Å². The number of hydrogen-bond acceptors (Lipinski definition) is 7. The molecule has 0 aliphatic rings. The zero-order chi connectivity index (χ0) is 27.8. The van der Waals surface area contributed by atoms with Crippen LogP contribution in [0.3, 0.4) is 0 Å². The van der Waals surface area contributed by atoms with Gasteiger partial charge >= 0.3 is 0 Å². The Hall–Kier alpha value is -3.56. The Morgan fingerprint density at radius 2 is 1.76 bits per heavy atom. The Labute approximate surface area is 218 Å². The molecule has 0 bridgehead atoms. The summed E-state index contributed by atoms with van der Waals surface area (Å²) in [6.45, 7) is -1.11. The first kappa shape index (κ1) is 27.5. The predicted octanol–water partition coefficient (Wildman–Crippen LogP) is 4.66. The van der Waals surface area contributed by atoms with Crippen LogP contribution in [0.1, 0.15) is 0 Å².